The van der Waals surface area contributed by atoms with E-state index in [1.807, 2.05) is 11.8 Å². The molecule has 0 radical (unpaired) electrons. The molecule has 7 nitrogen and oxygen atoms in total. The van der Waals surface area contributed by atoms with Crippen LogP contribution in [0, 0.1) is 0 Å². The van der Waals surface area contributed by atoms with E-state index in [0.29, 0.717) is 54.3 Å². The maximum atomic E-state index is 12.2. The summed E-state index contributed by atoms with van der Waals surface area (Å²) in [4.78, 5) is 18.7. The zero-order valence-electron chi connectivity index (χ0n) is 16.7. The molecule has 1 saturated heterocycles. The second-order valence-corrected chi connectivity index (χ2v) is 10.7. The molecule has 1 heterocycles. The van der Waals surface area contributed by atoms with Crippen molar-refractivity contribution in [1.82, 2.24) is 15.5 Å². The van der Waals surface area contributed by atoms with Crippen molar-refractivity contribution in [2.24, 2.45) is 4.99 Å². The molecule has 164 valence electrons. The lowest BCUT2D eigenvalue weighted by atomic mass is 10.2. The summed E-state index contributed by atoms with van der Waals surface area (Å²) < 4.78 is 23.6. The van der Waals surface area contributed by atoms with Gasteiger partial charge in [0.15, 0.2) is 15.8 Å². The van der Waals surface area contributed by atoms with Crippen LogP contribution < -0.4 is 10.6 Å². The molecule has 0 bridgehead atoms. The summed E-state index contributed by atoms with van der Waals surface area (Å²) in [5, 5.41) is 6.69. The van der Waals surface area contributed by atoms with Gasteiger partial charge in [-0.05, 0) is 39.0 Å². The van der Waals surface area contributed by atoms with Gasteiger partial charge in [-0.15, -0.1) is 24.0 Å². The van der Waals surface area contributed by atoms with Gasteiger partial charge in [-0.25, -0.2) is 8.42 Å². The molecule has 2 rings (SSSR count). The van der Waals surface area contributed by atoms with E-state index in [-0.39, 0.29) is 35.6 Å². The number of carbonyl (C=O) groups is 1. The molecule has 0 unspecified atom stereocenters. The first kappa shape index (κ1) is 26.3. The summed E-state index contributed by atoms with van der Waals surface area (Å²) in [6.07, 6.45) is 0. The van der Waals surface area contributed by atoms with Gasteiger partial charge in [0.2, 0.25) is 0 Å². The number of halogens is 3. The van der Waals surface area contributed by atoms with Crippen molar-refractivity contribution in [3.8, 4) is 0 Å². The molecule has 0 aromatic heterocycles. The van der Waals surface area contributed by atoms with Crippen LogP contribution in [0.15, 0.2) is 23.2 Å². The monoisotopic (exact) mass is 576 g/mol. The van der Waals surface area contributed by atoms with Gasteiger partial charge in [-0.3, -0.25) is 9.79 Å². The SMILES string of the molecule is CCNC(=NCCNC(=O)c1ccc(Cl)c(Cl)c1)N1CCS(=O)(=O)C(C)(C)C1.I. The molecule has 11 heteroatoms. The second-order valence-electron chi connectivity index (χ2n) is 7.12. The van der Waals surface area contributed by atoms with Crippen LogP contribution >= 0.6 is 47.2 Å². The Morgan fingerprint density at radius 2 is 1.93 bits per heavy atom. The van der Waals surface area contributed by atoms with E-state index in [1.165, 1.54) is 6.07 Å². The van der Waals surface area contributed by atoms with Crippen molar-refractivity contribution in [2.45, 2.75) is 25.5 Å². The van der Waals surface area contributed by atoms with Gasteiger partial charge in [0.1, 0.15) is 0 Å². The number of nitrogens with one attached hydrogen (secondary N) is 2. The number of rotatable bonds is 5. The van der Waals surface area contributed by atoms with Crippen molar-refractivity contribution >= 4 is 68.9 Å². The zero-order chi connectivity index (χ0) is 20.9. The average Bonchev–Trinajstić information content (AvgIpc) is 2.62. The van der Waals surface area contributed by atoms with Crippen molar-refractivity contribution in [2.75, 3.05) is 38.5 Å². The second kappa shape index (κ2) is 11.0. The number of benzene rings is 1. The van der Waals surface area contributed by atoms with Gasteiger partial charge in [0.05, 0.1) is 27.1 Å². The molecule has 1 aromatic rings. The Morgan fingerprint density at radius 1 is 1.24 bits per heavy atom. The number of hydrogen-bond acceptors (Lipinski definition) is 4. The molecule has 0 spiro atoms. The third-order valence-corrected chi connectivity index (χ3v) is 7.79. The summed E-state index contributed by atoms with van der Waals surface area (Å²) in [6.45, 7) is 7.54. The fraction of sp³-hybridized carbons (Fsp3) is 0.556. The molecule has 1 fully saturated rings. The first-order valence-electron chi connectivity index (χ1n) is 9.06. The maximum absolute atomic E-state index is 12.2. The number of carbonyl (C=O) groups excluding carboxylic acids is 1. The highest BCUT2D eigenvalue weighted by molar-refractivity contribution is 14.0. The third kappa shape index (κ3) is 6.86. The van der Waals surface area contributed by atoms with E-state index in [9.17, 15) is 13.2 Å². The van der Waals surface area contributed by atoms with Crippen LogP contribution in [0.4, 0.5) is 0 Å². The lowest BCUT2D eigenvalue weighted by Crippen LogP contribution is -2.57. The molecule has 0 atom stereocenters. The molecule has 1 amide bonds. The molecule has 0 aliphatic carbocycles. The Morgan fingerprint density at radius 3 is 2.52 bits per heavy atom. The first-order valence-corrected chi connectivity index (χ1v) is 11.5. The van der Waals surface area contributed by atoms with Crippen LogP contribution in [0.2, 0.25) is 10.0 Å². The van der Waals surface area contributed by atoms with Gasteiger partial charge < -0.3 is 15.5 Å². The zero-order valence-corrected chi connectivity index (χ0v) is 21.3. The van der Waals surface area contributed by atoms with Gasteiger partial charge in [0, 0.05) is 31.7 Å². The van der Waals surface area contributed by atoms with E-state index in [2.05, 4.69) is 15.6 Å². The summed E-state index contributed by atoms with van der Waals surface area (Å²) in [6, 6.07) is 4.70. The number of sulfone groups is 1. The predicted molar refractivity (Wildman–Crippen MR) is 130 cm³/mol. The van der Waals surface area contributed by atoms with Crippen LogP contribution in [0.5, 0.6) is 0 Å². The smallest absolute Gasteiger partial charge is 0.251 e. The predicted octanol–water partition coefficient (Wildman–Crippen LogP) is 2.82. The van der Waals surface area contributed by atoms with Crippen LogP contribution in [0.25, 0.3) is 0 Å². The molecule has 1 aliphatic heterocycles. The molecular weight excluding hydrogens is 550 g/mol. The molecule has 1 aromatic carbocycles. The van der Waals surface area contributed by atoms with E-state index in [0.717, 1.165) is 0 Å². The fourth-order valence-electron chi connectivity index (χ4n) is 2.82. The molecular formula is C18H27Cl2IN4O3S. The van der Waals surface area contributed by atoms with Crippen LogP contribution in [0.3, 0.4) is 0 Å². The normalized spacial score (nSPS) is 18.0. The number of guanidine groups is 1. The minimum Gasteiger partial charge on any atom is -0.357 e. The number of amides is 1. The van der Waals surface area contributed by atoms with E-state index >= 15 is 0 Å². The highest BCUT2D eigenvalue weighted by atomic mass is 127. The van der Waals surface area contributed by atoms with E-state index in [1.54, 1.807) is 26.0 Å². The Balaban J connectivity index is 0.00000420. The molecule has 1 aliphatic rings. The lowest BCUT2D eigenvalue weighted by Gasteiger charge is -2.39. The molecule has 29 heavy (non-hydrogen) atoms. The van der Waals surface area contributed by atoms with Crippen molar-refractivity contribution < 1.29 is 13.2 Å². The lowest BCUT2D eigenvalue weighted by molar-refractivity contribution is 0.0954. The molecule has 0 saturated carbocycles. The van der Waals surface area contributed by atoms with Crippen molar-refractivity contribution in [3.63, 3.8) is 0 Å². The highest BCUT2D eigenvalue weighted by Gasteiger charge is 2.40. The Kier molecular flexibility index (Phi) is 9.97. The fourth-order valence-corrected chi connectivity index (χ4v) is 4.48. The van der Waals surface area contributed by atoms with Gasteiger partial charge in [-0.2, -0.15) is 0 Å². The summed E-state index contributed by atoms with van der Waals surface area (Å²) in [5.41, 5.74) is 0.424. The summed E-state index contributed by atoms with van der Waals surface area (Å²) in [7, 11) is -3.12. The number of nitrogens with zero attached hydrogens (tertiary/aromatic N) is 2. The van der Waals surface area contributed by atoms with E-state index in [4.69, 9.17) is 23.2 Å². The van der Waals surface area contributed by atoms with Gasteiger partial charge >= 0.3 is 0 Å². The minimum absolute atomic E-state index is 0. The van der Waals surface area contributed by atoms with Crippen molar-refractivity contribution in [3.05, 3.63) is 33.8 Å². The van der Waals surface area contributed by atoms with E-state index < -0.39 is 14.6 Å². The third-order valence-electron chi connectivity index (χ3n) is 4.52. The molecule has 2 N–H and O–H groups in total. The van der Waals surface area contributed by atoms with Crippen LogP contribution in [0.1, 0.15) is 31.1 Å². The quantitative estimate of drug-likeness (QED) is 0.243. The minimum atomic E-state index is -3.12. The Labute approximate surface area is 199 Å². The largest absolute Gasteiger partial charge is 0.357 e. The number of hydrogen-bond donors (Lipinski definition) is 2. The maximum Gasteiger partial charge on any atom is 0.251 e. The topological polar surface area (TPSA) is 90.9 Å². The Hall–Kier alpha value is -0.780. The van der Waals surface area contributed by atoms with Crippen LogP contribution in [-0.4, -0.2) is 68.4 Å². The highest BCUT2D eigenvalue weighted by Crippen LogP contribution is 2.24. The standard InChI is InChI=1S/C18H26Cl2N4O3S.HI/c1-4-21-17(24-9-10-28(26,27)18(2,3)12-24)23-8-7-22-16(25)13-5-6-14(19)15(20)11-13;/h5-6,11H,4,7-10,12H2,1-3H3,(H,21,23)(H,22,25);1H. The van der Waals surface area contributed by atoms with Crippen LogP contribution in [-0.2, 0) is 9.84 Å². The van der Waals surface area contributed by atoms with Gasteiger partial charge in [-0.1, -0.05) is 23.2 Å². The average molecular weight is 577 g/mol. The van der Waals surface area contributed by atoms with Crippen molar-refractivity contribution in [1.29, 1.82) is 0 Å². The summed E-state index contributed by atoms with van der Waals surface area (Å²) in [5.74, 6) is 0.483. The Bertz CT molecular complexity index is 863. The van der Waals surface area contributed by atoms with Gasteiger partial charge in [0.25, 0.3) is 5.91 Å². The first-order chi connectivity index (χ1) is 13.1. The summed E-state index contributed by atoms with van der Waals surface area (Å²) >= 11 is 11.8. The number of aliphatic imine (C=N–C) groups is 1.